The molecule has 0 saturated carbocycles. The summed E-state index contributed by atoms with van der Waals surface area (Å²) in [4.78, 5) is 38.4. The molecule has 0 N–H and O–H groups in total. The van der Waals surface area contributed by atoms with Gasteiger partial charge >= 0.3 is 17.9 Å². The summed E-state index contributed by atoms with van der Waals surface area (Å²) in [7, 11) is 0. The largest absolute Gasteiger partial charge is 0.462 e. The molecule has 0 amide bonds. The van der Waals surface area contributed by atoms with Crippen LogP contribution in [0.4, 0.5) is 0 Å². The van der Waals surface area contributed by atoms with E-state index in [1.165, 1.54) is 250 Å². The van der Waals surface area contributed by atoms with Gasteiger partial charge < -0.3 is 14.2 Å². The summed E-state index contributed by atoms with van der Waals surface area (Å²) in [6, 6.07) is 0. The van der Waals surface area contributed by atoms with Gasteiger partial charge in [-0.05, 0) is 103 Å². The maximum atomic E-state index is 12.9. The molecule has 0 aliphatic carbocycles. The summed E-state index contributed by atoms with van der Waals surface area (Å²) in [5.74, 6) is -0.871. The lowest BCUT2D eigenvalue weighted by molar-refractivity contribution is -0.167. The fourth-order valence-corrected chi connectivity index (χ4v) is 10.1. The number of hydrogen-bond donors (Lipinski definition) is 0. The second-order valence-corrected chi connectivity index (χ2v) is 23.1. The molecule has 0 heterocycles. The Hall–Kier alpha value is -2.63. The van der Waals surface area contributed by atoms with Crippen LogP contribution >= 0.6 is 0 Å². The van der Waals surface area contributed by atoms with Crippen LogP contribution in [0.5, 0.6) is 0 Å². The van der Waals surface area contributed by atoms with Crippen molar-refractivity contribution in [1.82, 2.24) is 0 Å². The monoisotopic (exact) mass is 1080 g/mol. The van der Waals surface area contributed by atoms with Crippen LogP contribution in [0.15, 0.2) is 48.6 Å². The zero-order chi connectivity index (χ0) is 55.7. The van der Waals surface area contributed by atoms with Gasteiger partial charge in [-0.2, -0.15) is 0 Å². The molecular formula is C71H130O6. The molecule has 0 spiro atoms. The zero-order valence-corrected chi connectivity index (χ0v) is 51.7. The van der Waals surface area contributed by atoms with E-state index in [0.717, 1.165) is 77.0 Å². The molecule has 6 nitrogen and oxygen atoms in total. The minimum absolute atomic E-state index is 0.0759. The Morgan fingerprint density at radius 3 is 0.740 bits per heavy atom. The highest BCUT2D eigenvalue weighted by atomic mass is 16.6. The Balaban J connectivity index is 4.25. The number of hydrogen-bond acceptors (Lipinski definition) is 6. The van der Waals surface area contributed by atoms with Gasteiger partial charge in [-0.1, -0.05) is 294 Å². The quantitative estimate of drug-likeness (QED) is 0.0261. The van der Waals surface area contributed by atoms with Crippen LogP contribution in [0, 0.1) is 0 Å². The van der Waals surface area contributed by atoms with Crippen LogP contribution in [0.2, 0.25) is 0 Å². The van der Waals surface area contributed by atoms with Gasteiger partial charge in [-0.15, -0.1) is 0 Å². The summed E-state index contributed by atoms with van der Waals surface area (Å²) < 4.78 is 17.0. The van der Waals surface area contributed by atoms with Crippen molar-refractivity contribution in [2.24, 2.45) is 0 Å². The maximum absolute atomic E-state index is 12.9. The minimum atomic E-state index is -0.780. The summed E-state index contributed by atoms with van der Waals surface area (Å²) >= 11 is 0. The van der Waals surface area contributed by atoms with E-state index in [2.05, 4.69) is 69.4 Å². The average Bonchev–Trinajstić information content (AvgIpc) is 3.43. The molecule has 0 aliphatic heterocycles. The van der Waals surface area contributed by atoms with E-state index in [4.69, 9.17) is 14.2 Å². The van der Waals surface area contributed by atoms with Crippen molar-refractivity contribution < 1.29 is 28.6 Å². The molecule has 0 fully saturated rings. The minimum Gasteiger partial charge on any atom is -0.462 e. The van der Waals surface area contributed by atoms with E-state index in [-0.39, 0.29) is 31.1 Å². The first-order valence-corrected chi connectivity index (χ1v) is 34.1. The number of unbranched alkanes of at least 4 members (excludes halogenated alkanes) is 44. The van der Waals surface area contributed by atoms with Crippen molar-refractivity contribution in [1.29, 1.82) is 0 Å². The van der Waals surface area contributed by atoms with Gasteiger partial charge in [0.15, 0.2) is 6.10 Å². The Morgan fingerprint density at radius 2 is 0.468 bits per heavy atom. The van der Waals surface area contributed by atoms with Crippen molar-refractivity contribution in [2.75, 3.05) is 13.2 Å². The molecule has 0 aromatic carbocycles. The molecule has 0 aromatic rings. The molecule has 0 aliphatic rings. The molecule has 1 atom stereocenters. The molecule has 0 bridgehead atoms. The molecule has 0 saturated heterocycles. The molecular weight excluding hydrogens is 949 g/mol. The number of carbonyl (C=O) groups is 3. The highest BCUT2D eigenvalue weighted by molar-refractivity contribution is 5.71. The standard InChI is InChI=1S/C71H130O6/c1-4-7-10-13-16-19-22-25-28-30-32-33-34-35-36-37-38-39-40-42-43-46-49-52-55-58-61-64-70(73)76-67-68(66-75-69(72)63-60-57-54-51-48-45-27-24-21-18-15-12-9-6-3)77-71(74)65-62-59-56-53-50-47-44-41-31-29-26-23-20-17-14-11-8-5-2/h20,23-24,27,29-32,68H,4-19,21-22,25-26,28,33-67H2,1-3H3/b23-20-,27-24-,31-29-,32-30-. The fraction of sp³-hybridized carbons (Fsp3) is 0.845. The van der Waals surface area contributed by atoms with Crippen LogP contribution in [0.3, 0.4) is 0 Å². The topological polar surface area (TPSA) is 78.9 Å². The van der Waals surface area contributed by atoms with Crippen LogP contribution < -0.4 is 0 Å². The number of carbonyl (C=O) groups excluding carboxylic acids is 3. The molecule has 0 aromatic heterocycles. The molecule has 0 radical (unpaired) electrons. The third-order valence-electron chi connectivity index (χ3n) is 15.3. The average molecular weight is 1080 g/mol. The summed E-state index contributed by atoms with van der Waals surface area (Å²) in [5, 5.41) is 0. The maximum Gasteiger partial charge on any atom is 0.306 e. The predicted octanol–water partition coefficient (Wildman–Crippen LogP) is 23.3. The fourth-order valence-electron chi connectivity index (χ4n) is 10.1. The van der Waals surface area contributed by atoms with Crippen molar-refractivity contribution >= 4 is 17.9 Å². The predicted molar refractivity (Wildman–Crippen MR) is 335 cm³/mol. The molecule has 77 heavy (non-hydrogen) atoms. The molecule has 0 rings (SSSR count). The summed E-state index contributed by atoms with van der Waals surface area (Å²) in [6.45, 7) is 6.66. The van der Waals surface area contributed by atoms with Crippen LogP contribution in [-0.2, 0) is 28.6 Å². The van der Waals surface area contributed by atoms with E-state index < -0.39 is 6.10 Å². The number of allylic oxidation sites excluding steroid dienone is 8. The third-order valence-corrected chi connectivity index (χ3v) is 15.3. The lowest BCUT2D eigenvalue weighted by Gasteiger charge is -2.18. The SMILES string of the molecule is CCCCCC/C=C\C/C=C\CCCCCCCCCC(=O)OC(COC(=O)CCCCCCC/C=C\CCCCCCC)COC(=O)CCCCCCCCCCCCCCCCC/C=C\CCCCCCCCCC. The van der Waals surface area contributed by atoms with Gasteiger partial charge in [0.05, 0.1) is 0 Å². The van der Waals surface area contributed by atoms with Crippen molar-refractivity contribution in [2.45, 2.75) is 374 Å². The van der Waals surface area contributed by atoms with Crippen LogP contribution in [0.25, 0.3) is 0 Å². The Labute approximate surface area is 479 Å². The van der Waals surface area contributed by atoms with Crippen molar-refractivity contribution in [3.05, 3.63) is 48.6 Å². The van der Waals surface area contributed by atoms with Crippen LogP contribution in [0.1, 0.15) is 367 Å². The summed E-state index contributed by atoms with van der Waals surface area (Å²) in [5.41, 5.74) is 0. The van der Waals surface area contributed by atoms with E-state index in [1.54, 1.807) is 0 Å². The van der Waals surface area contributed by atoms with Crippen molar-refractivity contribution in [3.63, 3.8) is 0 Å². The van der Waals surface area contributed by atoms with Gasteiger partial charge in [0.2, 0.25) is 0 Å². The number of ether oxygens (including phenoxy) is 3. The highest BCUT2D eigenvalue weighted by Gasteiger charge is 2.19. The lowest BCUT2D eigenvalue weighted by Crippen LogP contribution is -2.30. The normalized spacial score (nSPS) is 12.3. The first kappa shape index (κ1) is 74.4. The van der Waals surface area contributed by atoms with Gasteiger partial charge in [-0.3, -0.25) is 14.4 Å². The van der Waals surface area contributed by atoms with Gasteiger partial charge in [0, 0.05) is 19.3 Å². The molecule has 450 valence electrons. The smallest absolute Gasteiger partial charge is 0.306 e. The van der Waals surface area contributed by atoms with Gasteiger partial charge in [0.25, 0.3) is 0 Å². The lowest BCUT2D eigenvalue weighted by atomic mass is 10.0. The number of rotatable bonds is 63. The zero-order valence-electron chi connectivity index (χ0n) is 51.7. The number of esters is 3. The second kappa shape index (κ2) is 65.9. The first-order valence-electron chi connectivity index (χ1n) is 34.1. The third kappa shape index (κ3) is 64.1. The van der Waals surface area contributed by atoms with E-state index in [1.807, 2.05) is 0 Å². The van der Waals surface area contributed by atoms with Crippen molar-refractivity contribution in [3.8, 4) is 0 Å². The molecule has 6 heteroatoms. The second-order valence-electron chi connectivity index (χ2n) is 23.1. The van der Waals surface area contributed by atoms with Crippen LogP contribution in [-0.4, -0.2) is 37.2 Å². The van der Waals surface area contributed by atoms with E-state index in [0.29, 0.717) is 19.3 Å². The Kier molecular flexibility index (Phi) is 63.6. The van der Waals surface area contributed by atoms with E-state index >= 15 is 0 Å². The Morgan fingerprint density at radius 1 is 0.260 bits per heavy atom. The van der Waals surface area contributed by atoms with Gasteiger partial charge in [0.1, 0.15) is 13.2 Å². The molecule has 1 unspecified atom stereocenters. The first-order chi connectivity index (χ1) is 38.0. The van der Waals surface area contributed by atoms with Gasteiger partial charge in [-0.25, -0.2) is 0 Å². The Bertz CT molecular complexity index is 1330. The van der Waals surface area contributed by atoms with E-state index in [9.17, 15) is 14.4 Å². The highest BCUT2D eigenvalue weighted by Crippen LogP contribution is 2.17. The summed E-state index contributed by atoms with van der Waals surface area (Å²) in [6.07, 6.45) is 82.7.